The van der Waals surface area contributed by atoms with Crippen LogP contribution in [0, 0.1) is 0 Å². The zero-order valence-electron chi connectivity index (χ0n) is 9.12. The van der Waals surface area contributed by atoms with Gasteiger partial charge in [-0.15, -0.1) is 0 Å². The van der Waals surface area contributed by atoms with Gasteiger partial charge in [0.15, 0.2) is 0 Å². The van der Waals surface area contributed by atoms with Crippen molar-refractivity contribution >= 4 is 12.9 Å². The summed E-state index contributed by atoms with van der Waals surface area (Å²) in [6, 6.07) is 0. The van der Waals surface area contributed by atoms with Crippen LogP contribution in [-0.2, 0) is 26.7 Å². The molecule has 0 amide bonds. The standard InChI is InChI=1S/2C5H6.2CH2O2.Cu/c2*1-2-4-5-3-1;2*2-1-3;/h2*1-4H,5H2;2*1H,(H,2,3);/q;;;;+2/p-2. The van der Waals surface area contributed by atoms with E-state index in [4.69, 9.17) is 19.8 Å². The van der Waals surface area contributed by atoms with E-state index in [-0.39, 0.29) is 17.1 Å². The molecule has 0 aliphatic heterocycles. The van der Waals surface area contributed by atoms with E-state index < -0.39 is 12.9 Å². The number of allylic oxidation sites excluding steroid dienone is 8. The smallest absolute Gasteiger partial charge is 0.554 e. The van der Waals surface area contributed by atoms with Crippen molar-refractivity contribution in [2.24, 2.45) is 0 Å². The molecule has 0 bridgehead atoms. The Kier molecular flexibility index (Phi) is 29.2. The summed E-state index contributed by atoms with van der Waals surface area (Å²) in [5.41, 5.74) is 0. The summed E-state index contributed by atoms with van der Waals surface area (Å²) in [6.45, 7) is -1.00. The van der Waals surface area contributed by atoms with Gasteiger partial charge >= 0.3 is 17.1 Å². The van der Waals surface area contributed by atoms with Crippen molar-refractivity contribution < 1.29 is 36.9 Å². The number of carbonyl (C=O) groups is 2. The molecule has 0 spiro atoms. The number of hydrogen-bond acceptors (Lipinski definition) is 4. The maximum atomic E-state index is 8.25. The fraction of sp³-hybridized carbons (Fsp3) is 0.167. The van der Waals surface area contributed by atoms with Gasteiger partial charge in [-0.05, 0) is 12.8 Å². The van der Waals surface area contributed by atoms with Crippen LogP contribution in [0.2, 0.25) is 0 Å². The first-order valence-corrected chi connectivity index (χ1v) is 4.58. The average Bonchev–Trinajstić information content (AvgIpc) is 3.00. The molecule has 0 aromatic heterocycles. The van der Waals surface area contributed by atoms with Crippen molar-refractivity contribution in [2.75, 3.05) is 0 Å². The minimum atomic E-state index is -0.500. The second kappa shape index (κ2) is 23.9. The maximum absolute atomic E-state index is 8.25. The Balaban J connectivity index is -0.000000157. The first-order valence-electron chi connectivity index (χ1n) is 4.58. The van der Waals surface area contributed by atoms with Gasteiger partial charge in [0, 0.05) is 12.9 Å². The van der Waals surface area contributed by atoms with E-state index in [0.29, 0.717) is 0 Å². The largest absolute Gasteiger partial charge is 2.00 e. The van der Waals surface area contributed by atoms with Crippen LogP contribution in [0.5, 0.6) is 0 Å². The minimum Gasteiger partial charge on any atom is -0.554 e. The predicted octanol–water partition coefficient (Wildman–Crippen LogP) is -0.265. The zero-order chi connectivity index (χ0) is 12.5. The van der Waals surface area contributed by atoms with Crippen LogP contribution in [0.3, 0.4) is 0 Å². The molecule has 17 heavy (non-hydrogen) atoms. The molecule has 2 rings (SSSR count). The normalized spacial score (nSPS) is 11.8. The predicted molar refractivity (Wildman–Crippen MR) is 57.9 cm³/mol. The molecule has 0 atom stereocenters. The van der Waals surface area contributed by atoms with Gasteiger partial charge in [0.1, 0.15) is 0 Å². The van der Waals surface area contributed by atoms with E-state index in [1.165, 1.54) is 0 Å². The van der Waals surface area contributed by atoms with Gasteiger partial charge in [-0.25, -0.2) is 0 Å². The molecule has 0 saturated heterocycles. The van der Waals surface area contributed by atoms with Crippen LogP contribution in [0.4, 0.5) is 0 Å². The van der Waals surface area contributed by atoms with Crippen molar-refractivity contribution in [3.8, 4) is 0 Å². The van der Waals surface area contributed by atoms with Gasteiger partial charge in [0.05, 0.1) is 0 Å². The fourth-order valence-electron chi connectivity index (χ4n) is 0.786. The van der Waals surface area contributed by atoms with Gasteiger partial charge in [0.25, 0.3) is 0 Å². The SMILES string of the molecule is C1=CCC=C1.C1=CCC=C1.O=C[O-].O=C[O-].[Cu+2]. The monoisotopic (exact) mass is 285 g/mol. The second-order valence-electron chi connectivity index (χ2n) is 2.38. The number of hydrogen-bond donors (Lipinski definition) is 0. The molecule has 0 N–H and O–H groups in total. The van der Waals surface area contributed by atoms with Gasteiger partial charge in [-0.2, -0.15) is 0 Å². The molecule has 4 nitrogen and oxygen atoms in total. The van der Waals surface area contributed by atoms with Crippen molar-refractivity contribution in [1.29, 1.82) is 0 Å². The fourth-order valence-corrected chi connectivity index (χ4v) is 0.786. The van der Waals surface area contributed by atoms with Crippen LogP contribution in [0.25, 0.3) is 0 Å². The van der Waals surface area contributed by atoms with E-state index >= 15 is 0 Å². The molecule has 1 radical (unpaired) electrons. The third-order valence-corrected chi connectivity index (χ3v) is 1.31. The topological polar surface area (TPSA) is 80.3 Å². The number of carbonyl (C=O) groups excluding carboxylic acids is 2. The third kappa shape index (κ3) is 31.4. The summed E-state index contributed by atoms with van der Waals surface area (Å²) in [7, 11) is 0. The summed E-state index contributed by atoms with van der Waals surface area (Å²) in [5.74, 6) is 0. The molecule has 2 aliphatic rings. The molecular weight excluding hydrogens is 272 g/mol. The third-order valence-electron chi connectivity index (χ3n) is 1.31. The molecule has 0 aromatic rings. The molecule has 0 fully saturated rings. The van der Waals surface area contributed by atoms with E-state index in [0.717, 1.165) is 12.8 Å². The van der Waals surface area contributed by atoms with Crippen molar-refractivity contribution in [3.63, 3.8) is 0 Å². The number of carboxylic acid groups (broad SMARTS) is 2. The summed E-state index contributed by atoms with van der Waals surface area (Å²) in [6.07, 6.45) is 19.0. The van der Waals surface area contributed by atoms with Crippen LogP contribution in [-0.4, -0.2) is 12.9 Å². The van der Waals surface area contributed by atoms with Crippen molar-refractivity contribution in [2.45, 2.75) is 12.8 Å². The Morgan fingerprint density at radius 2 is 0.882 bits per heavy atom. The van der Waals surface area contributed by atoms with Gasteiger partial charge < -0.3 is 19.8 Å². The van der Waals surface area contributed by atoms with Gasteiger partial charge in [-0.3, -0.25) is 0 Å². The Bertz CT molecular complexity index is 220. The summed E-state index contributed by atoms with van der Waals surface area (Å²) in [5, 5.41) is 16.5. The molecule has 0 heterocycles. The molecule has 0 aromatic carbocycles. The Morgan fingerprint density at radius 1 is 0.706 bits per heavy atom. The maximum Gasteiger partial charge on any atom is 2.00 e. The molecular formula is C12H14CuO4. The van der Waals surface area contributed by atoms with Crippen LogP contribution >= 0.6 is 0 Å². The minimum absolute atomic E-state index is 0. The second-order valence-corrected chi connectivity index (χ2v) is 2.38. The van der Waals surface area contributed by atoms with Crippen molar-refractivity contribution in [3.05, 3.63) is 48.6 Å². The average molecular weight is 286 g/mol. The van der Waals surface area contributed by atoms with E-state index in [2.05, 4.69) is 48.6 Å². The van der Waals surface area contributed by atoms with E-state index in [9.17, 15) is 0 Å². The summed E-state index contributed by atoms with van der Waals surface area (Å²) in [4.78, 5) is 16.5. The summed E-state index contributed by atoms with van der Waals surface area (Å²) >= 11 is 0. The zero-order valence-corrected chi connectivity index (χ0v) is 10.1. The van der Waals surface area contributed by atoms with Crippen LogP contribution in [0.1, 0.15) is 12.8 Å². The quantitative estimate of drug-likeness (QED) is 0.453. The Labute approximate surface area is 112 Å². The molecule has 2 aliphatic carbocycles. The first kappa shape index (κ1) is 20.8. The van der Waals surface area contributed by atoms with Gasteiger partial charge in [-0.1, -0.05) is 48.6 Å². The van der Waals surface area contributed by atoms with Crippen molar-refractivity contribution in [1.82, 2.24) is 0 Å². The van der Waals surface area contributed by atoms with Gasteiger partial charge in [0.2, 0.25) is 0 Å². The Hall–Kier alpha value is -1.58. The van der Waals surface area contributed by atoms with Crippen LogP contribution < -0.4 is 10.2 Å². The van der Waals surface area contributed by atoms with Crippen LogP contribution in [0.15, 0.2) is 48.6 Å². The molecule has 5 heteroatoms. The molecule has 0 unspecified atom stereocenters. The summed E-state index contributed by atoms with van der Waals surface area (Å²) < 4.78 is 0. The Morgan fingerprint density at radius 3 is 0.941 bits per heavy atom. The molecule has 0 saturated carbocycles. The molecule has 97 valence electrons. The first-order chi connectivity index (χ1) is 7.83. The number of rotatable bonds is 0. The van der Waals surface area contributed by atoms with E-state index in [1.54, 1.807) is 0 Å². The van der Waals surface area contributed by atoms with E-state index in [1.807, 2.05) is 0 Å².